The molecule has 2 aromatic heterocycles. The van der Waals surface area contributed by atoms with Crippen LogP contribution in [0.25, 0.3) is 10.9 Å². The Morgan fingerprint density at radius 3 is 1.75 bits per heavy atom. The number of benzene rings is 2. The van der Waals surface area contributed by atoms with Crippen LogP contribution in [0.15, 0.2) is 72.2 Å². The lowest BCUT2D eigenvalue weighted by Gasteiger charge is -2.28. The number of hydrogen-bond acceptors (Lipinski definition) is 13. The van der Waals surface area contributed by atoms with E-state index in [0.29, 0.717) is 49.0 Å². The summed E-state index contributed by atoms with van der Waals surface area (Å²) in [6, 6.07) is 3.11. The Hall–Kier alpha value is -8.55. The number of aromatic nitrogens is 3. The van der Waals surface area contributed by atoms with E-state index in [4.69, 9.17) is 22.9 Å². The summed E-state index contributed by atoms with van der Waals surface area (Å²) in [5.41, 5.74) is 24.6. The molecule has 26 nitrogen and oxygen atoms in total. The number of unbranched alkanes of at least 4 members (excludes halogenated alkanes) is 2. The number of para-hydroxylation sites is 1. The molecule has 0 saturated heterocycles. The van der Waals surface area contributed by atoms with Crippen LogP contribution in [-0.2, 0) is 62.4 Å². The second kappa shape index (κ2) is 30.6. The SMILES string of the molecule is CCCC[C@H](NC(C)=O)C(=O)N[C@@H](CC(=O)O)C(=O)N[C@@H](Cc1cnc[nH]1)C(=O)N[C@H](Cc1ccc(O)cc1)C(=O)N[C@@H](CCCN=C(N)N)C(=O)N[C@@H](Cc1c[nH]c2ccccc12)C(=O)N[C@@H](CCCCN)C(N)=O. The summed E-state index contributed by atoms with van der Waals surface area (Å²) in [4.78, 5) is 136. The van der Waals surface area contributed by atoms with Gasteiger partial charge in [-0.3, -0.25) is 48.1 Å². The molecule has 8 amide bonds. The number of nitrogens with zero attached hydrogens (tertiary/aromatic N) is 2. The maximum Gasteiger partial charge on any atom is 0.305 e. The highest BCUT2D eigenvalue weighted by molar-refractivity contribution is 5.98. The van der Waals surface area contributed by atoms with Gasteiger partial charge in [0.05, 0.1) is 12.7 Å². The highest BCUT2D eigenvalue weighted by atomic mass is 16.4. The molecule has 0 fully saturated rings. The number of aromatic hydroxyl groups is 1. The molecule has 0 aliphatic carbocycles. The van der Waals surface area contributed by atoms with Gasteiger partial charge < -0.3 is 80.3 Å². The van der Waals surface area contributed by atoms with Crippen molar-refractivity contribution >= 4 is 70.1 Å². The lowest BCUT2D eigenvalue weighted by molar-refractivity contribution is -0.141. The van der Waals surface area contributed by atoms with Gasteiger partial charge in [0.15, 0.2) is 5.96 Å². The molecule has 0 aliphatic rings. The number of rotatable bonds is 33. The topological polar surface area (TPSA) is 439 Å². The minimum atomic E-state index is -1.74. The predicted octanol–water partition coefficient (Wildman–Crippen LogP) is -1.63. The molecule has 0 bridgehead atoms. The third-order valence-electron chi connectivity index (χ3n) is 12.1. The van der Waals surface area contributed by atoms with Gasteiger partial charge in [-0.25, -0.2) is 4.98 Å². The van der Waals surface area contributed by atoms with Crippen LogP contribution in [0.5, 0.6) is 5.75 Å². The normalized spacial score (nSPS) is 13.8. The van der Waals surface area contributed by atoms with Crippen LogP contribution >= 0.6 is 0 Å². The van der Waals surface area contributed by atoms with Crippen LogP contribution in [-0.4, -0.2) is 140 Å². The molecule has 0 unspecified atom stereocenters. The second-order valence-corrected chi connectivity index (χ2v) is 18.2. The van der Waals surface area contributed by atoms with Crippen molar-refractivity contribution in [2.45, 2.75) is 133 Å². The van der Waals surface area contributed by atoms with Crippen molar-refractivity contribution in [1.82, 2.24) is 52.2 Å². The monoisotopic (exact) mass is 1060 g/mol. The number of carbonyl (C=O) groups is 9. The number of nitrogens with one attached hydrogen (secondary N) is 9. The predicted molar refractivity (Wildman–Crippen MR) is 279 cm³/mol. The smallest absolute Gasteiger partial charge is 0.305 e. The first-order valence-corrected chi connectivity index (χ1v) is 24.9. The number of aliphatic carboxylic acids is 1. The number of amides is 8. The highest BCUT2D eigenvalue weighted by Crippen LogP contribution is 2.20. The fourth-order valence-electron chi connectivity index (χ4n) is 8.12. The average molecular weight is 1060 g/mol. The van der Waals surface area contributed by atoms with Gasteiger partial charge >= 0.3 is 5.97 Å². The van der Waals surface area contributed by atoms with E-state index in [-0.39, 0.29) is 63.2 Å². The zero-order valence-electron chi connectivity index (χ0n) is 42.6. The van der Waals surface area contributed by atoms with E-state index >= 15 is 0 Å². The van der Waals surface area contributed by atoms with E-state index in [0.717, 1.165) is 10.9 Å². The number of guanidine groups is 1. The van der Waals surface area contributed by atoms with Gasteiger partial charge in [0.1, 0.15) is 48.0 Å². The summed E-state index contributed by atoms with van der Waals surface area (Å²) in [6.45, 7) is 3.42. The molecule has 4 rings (SSSR count). The van der Waals surface area contributed by atoms with E-state index in [2.05, 4.69) is 57.2 Å². The molecule has 0 aliphatic heterocycles. The highest BCUT2D eigenvalue weighted by Gasteiger charge is 2.35. The Kier molecular flexibility index (Phi) is 24.2. The van der Waals surface area contributed by atoms with Gasteiger partial charge in [0.2, 0.25) is 47.3 Å². The summed E-state index contributed by atoms with van der Waals surface area (Å²) >= 11 is 0. The fraction of sp³-hybridized carbons (Fsp3) is 0.460. The Morgan fingerprint density at radius 1 is 0.632 bits per heavy atom. The molecule has 2 heterocycles. The third-order valence-corrected chi connectivity index (χ3v) is 12.1. The van der Waals surface area contributed by atoms with E-state index in [1.54, 1.807) is 12.3 Å². The van der Waals surface area contributed by atoms with Crippen molar-refractivity contribution in [3.05, 3.63) is 84.1 Å². The van der Waals surface area contributed by atoms with E-state index in [1.807, 2.05) is 25.1 Å². The van der Waals surface area contributed by atoms with Crippen molar-refractivity contribution in [3.8, 4) is 5.75 Å². The van der Waals surface area contributed by atoms with Crippen LogP contribution in [0, 0.1) is 0 Å². The first-order chi connectivity index (χ1) is 36.3. The van der Waals surface area contributed by atoms with Gasteiger partial charge in [0.25, 0.3) is 0 Å². The quantitative estimate of drug-likeness (QED) is 0.0145. The molecular weight excluding hydrogens is 987 g/mol. The summed E-state index contributed by atoms with van der Waals surface area (Å²) < 4.78 is 0. The number of aliphatic imine (C=N–C) groups is 1. The Bertz CT molecular complexity index is 2620. The lowest BCUT2D eigenvalue weighted by Crippen LogP contribution is -2.61. The van der Waals surface area contributed by atoms with Crippen LogP contribution < -0.4 is 60.2 Å². The van der Waals surface area contributed by atoms with Gasteiger partial charge in [-0.15, -0.1) is 0 Å². The third kappa shape index (κ3) is 20.0. The molecule has 26 heteroatoms. The molecule has 4 aromatic rings. The van der Waals surface area contributed by atoms with E-state index in [1.165, 1.54) is 43.7 Å². The Labute approximate surface area is 438 Å². The van der Waals surface area contributed by atoms with Crippen molar-refractivity contribution in [2.24, 2.45) is 27.9 Å². The standard InChI is InChI=1S/C50H71N15O11/c1-3-4-11-36(59-28(2)66)44(71)65-41(24-42(68)69)49(76)64-40(23-31-26-55-27-58-31)48(75)62-38(21-29-15-17-32(67)18-16-29)46(73)61-37(14-9-20-56-50(53)54)45(72)63-39(22-30-25-57-34-12-6-5-10-33(30)34)47(74)60-35(43(52)70)13-7-8-19-51/h5-6,10,12,15-18,25-27,35-41,57,67H,3-4,7-9,11,13-14,19-24,51H2,1-2H3,(H2,52,70)(H,55,58)(H,59,66)(H,60,74)(H,61,73)(H,62,75)(H,63,72)(H,64,76)(H,65,71)(H,68,69)(H4,53,54,56)/t35-,36-,37-,38+,39-,40-,41-/m0/s1. The lowest BCUT2D eigenvalue weighted by atomic mass is 10.0. The Morgan fingerprint density at radius 2 is 1.17 bits per heavy atom. The van der Waals surface area contributed by atoms with Crippen LogP contribution in [0.3, 0.4) is 0 Å². The minimum Gasteiger partial charge on any atom is -0.508 e. The number of carboxylic acid groups (broad SMARTS) is 1. The summed E-state index contributed by atoms with van der Waals surface area (Å²) in [5.74, 6) is -8.56. The van der Waals surface area contributed by atoms with Crippen LogP contribution in [0.1, 0.15) is 88.5 Å². The molecule has 76 heavy (non-hydrogen) atoms. The molecule has 2 aromatic carbocycles. The number of primary amides is 1. The average Bonchev–Trinajstić information content (AvgIpc) is 4.05. The molecular formula is C50H71N15O11. The molecule has 0 saturated carbocycles. The molecule has 0 spiro atoms. The Balaban J connectivity index is 1.69. The van der Waals surface area contributed by atoms with Crippen molar-refractivity contribution in [2.75, 3.05) is 13.1 Å². The number of imidazole rings is 1. The number of carboxylic acids is 1. The molecule has 19 N–H and O–H groups in total. The van der Waals surface area contributed by atoms with Crippen molar-refractivity contribution < 1.29 is 53.4 Å². The number of nitrogens with two attached hydrogens (primary N) is 4. The fourth-order valence-corrected chi connectivity index (χ4v) is 8.12. The maximum absolute atomic E-state index is 14.7. The number of fused-ring (bicyclic) bond motifs is 1. The van der Waals surface area contributed by atoms with Crippen molar-refractivity contribution in [1.29, 1.82) is 0 Å². The van der Waals surface area contributed by atoms with Gasteiger partial charge in [0, 0.05) is 61.7 Å². The zero-order valence-corrected chi connectivity index (χ0v) is 42.6. The number of phenolic OH excluding ortho intramolecular Hbond substituents is 1. The van der Waals surface area contributed by atoms with Crippen LogP contribution in [0.2, 0.25) is 0 Å². The zero-order chi connectivity index (χ0) is 55.7. The van der Waals surface area contributed by atoms with Crippen LogP contribution in [0.4, 0.5) is 0 Å². The molecule has 0 radical (unpaired) electrons. The molecule has 7 atom stereocenters. The van der Waals surface area contributed by atoms with Gasteiger partial charge in [-0.2, -0.15) is 0 Å². The van der Waals surface area contributed by atoms with E-state index < -0.39 is 102 Å². The second-order valence-electron chi connectivity index (χ2n) is 18.2. The first-order valence-electron chi connectivity index (χ1n) is 24.9. The number of H-pyrrole nitrogens is 2. The maximum atomic E-state index is 14.7. The van der Waals surface area contributed by atoms with Gasteiger partial charge in [-0.05, 0) is 74.4 Å². The van der Waals surface area contributed by atoms with E-state index in [9.17, 15) is 53.4 Å². The van der Waals surface area contributed by atoms with Crippen molar-refractivity contribution in [3.63, 3.8) is 0 Å². The molecule has 412 valence electrons. The summed E-state index contributed by atoms with van der Waals surface area (Å²) in [5, 5.41) is 38.8. The number of aromatic amines is 2. The minimum absolute atomic E-state index is 0.0168. The largest absolute Gasteiger partial charge is 0.508 e. The summed E-state index contributed by atoms with van der Waals surface area (Å²) in [6.07, 6.45) is 5.37. The first kappa shape index (κ1) is 60.0. The number of carbonyl (C=O) groups excluding carboxylic acids is 8. The van der Waals surface area contributed by atoms with Gasteiger partial charge in [-0.1, -0.05) is 50.1 Å². The summed E-state index contributed by atoms with van der Waals surface area (Å²) in [7, 11) is 0. The number of phenols is 1. The number of hydrogen-bond donors (Lipinski definition) is 15.